The van der Waals surface area contributed by atoms with Crippen LogP contribution in [0.1, 0.15) is 54.6 Å². The Morgan fingerprint density at radius 3 is 2.39 bits per heavy atom. The Labute approximate surface area is 212 Å². The number of nitrogens with one attached hydrogen (secondary N) is 2. The van der Waals surface area contributed by atoms with Gasteiger partial charge in [-0.1, -0.05) is 74.5 Å². The zero-order valence-corrected chi connectivity index (χ0v) is 20.9. The summed E-state index contributed by atoms with van der Waals surface area (Å²) in [5.74, 6) is 0.115. The van der Waals surface area contributed by atoms with Gasteiger partial charge < -0.3 is 15.5 Å². The molecule has 1 fully saturated rings. The SMILES string of the molecule is CC(C)CC(=O)Nc1ccccc1C(=O)NCc1ccccc1-c1ccc(CN2CCCC2=O)cc1. The number of anilines is 1. The lowest BCUT2D eigenvalue weighted by Crippen LogP contribution is -2.25. The number of carbonyl (C=O) groups excluding carboxylic acids is 3. The average Bonchev–Trinajstić information content (AvgIpc) is 3.27. The van der Waals surface area contributed by atoms with Crippen LogP contribution in [0, 0.1) is 5.92 Å². The van der Waals surface area contributed by atoms with E-state index in [1.165, 1.54) is 0 Å². The van der Waals surface area contributed by atoms with Gasteiger partial charge >= 0.3 is 0 Å². The second-order valence-electron chi connectivity index (χ2n) is 9.65. The molecule has 6 nitrogen and oxygen atoms in total. The van der Waals surface area contributed by atoms with Crippen molar-refractivity contribution >= 4 is 23.4 Å². The van der Waals surface area contributed by atoms with Gasteiger partial charge in [-0.05, 0) is 46.7 Å². The second kappa shape index (κ2) is 11.7. The number of hydrogen-bond acceptors (Lipinski definition) is 3. The first-order valence-corrected chi connectivity index (χ1v) is 12.5. The molecule has 1 aliphatic heterocycles. The van der Waals surface area contributed by atoms with Crippen LogP contribution in [0.5, 0.6) is 0 Å². The smallest absolute Gasteiger partial charge is 0.253 e. The van der Waals surface area contributed by atoms with E-state index >= 15 is 0 Å². The molecule has 1 aliphatic rings. The summed E-state index contributed by atoms with van der Waals surface area (Å²) < 4.78 is 0. The van der Waals surface area contributed by atoms with E-state index in [4.69, 9.17) is 0 Å². The Balaban J connectivity index is 1.44. The van der Waals surface area contributed by atoms with E-state index in [0.29, 0.717) is 37.2 Å². The molecule has 0 aromatic heterocycles. The van der Waals surface area contributed by atoms with Crippen molar-refractivity contribution in [1.29, 1.82) is 0 Å². The monoisotopic (exact) mass is 483 g/mol. The normalized spacial score (nSPS) is 13.2. The van der Waals surface area contributed by atoms with E-state index in [-0.39, 0.29) is 23.6 Å². The Morgan fingerprint density at radius 1 is 0.944 bits per heavy atom. The maximum absolute atomic E-state index is 13.0. The molecule has 36 heavy (non-hydrogen) atoms. The largest absolute Gasteiger partial charge is 0.348 e. The highest BCUT2D eigenvalue weighted by atomic mass is 16.2. The summed E-state index contributed by atoms with van der Waals surface area (Å²) in [6.07, 6.45) is 1.98. The molecule has 0 bridgehead atoms. The predicted molar refractivity (Wildman–Crippen MR) is 142 cm³/mol. The highest BCUT2D eigenvalue weighted by Gasteiger charge is 2.20. The summed E-state index contributed by atoms with van der Waals surface area (Å²) in [7, 11) is 0. The van der Waals surface area contributed by atoms with Gasteiger partial charge in [-0.15, -0.1) is 0 Å². The molecule has 0 atom stereocenters. The lowest BCUT2D eigenvalue weighted by molar-refractivity contribution is -0.128. The molecule has 6 heteroatoms. The van der Waals surface area contributed by atoms with Crippen LogP contribution in [-0.2, 0) is 22.7 Å². The minimum absolute atomic E-state index is 0.104. The number of carbonyl (C=O) groups is 3. The van der Waals surface area contributed by atoms with Crippen molar-refractivity contribution in [3.05, 3.63) is 89.5 Å². The summed E-state index contributed by atoms with van der Waals surface area (Å²) in [4.78, 5) is 39.1. The Kier molecular flexibility index (Phi) is 8.16. The third-order valence-electron chi connectivity index (χ3n) is 6.31. The van der Waals surface area contributed by atoms with E-state index in [0.717, 1.165) is 35.2 Å². The molecule has 1 heterocycles. The van der Waals surface area contributed by atoms with Gasteiger partial charge in [0.15, 0.2) is 0 Å². The van der Waals surface area contributed by atoms with Crippen LogP contribution in [0.3, 0.4) is 0 Å². The average molecular weight is 484 g/mol. The molecular formula is C30H33N3O3. The lowest BCUT2D eigenvalue weighted by Gasteiger charge is -2.16. The molecule has 3 aromatic rings. The maximum Gasteiger partial charge on any atom is 0.253 e. The van der Waals surface area contributed by atoms with Crippen molar-refractivity contribution in [2.75, 3.05) is 11.9 Å². The summed E-state index contributed by atoms with van der Waals surface area (Å²) in [6.45, 7) is 5.79. The van der Waals surface area contributed by atoms with E-state index in [9.17, 15) is 14.4 Å². The van der Waals surface area contributed by atoms with Crippen LogP contribution < -0.4 is 10.6 Å². The van der Waals surface area contributed by atoms with Crippen molar-refractivity contribution in [3.63, 3.8) is 0 Å². The van der Waals surface area contributed by atoms with Gasteiger partial charge in [0.1, 0.15) is 0 Å². The number of likely N-dealkylation sites (tertiary alicyclic amines) is 1. The minimum Gasteiger partial charge on any atom is -0.348 e. The van der Waals surface area contributed by atoms with Gasteiger partial charge in [0, 0.05) is 32.5 Å². The van der Waals surface area contributed by atoms with Crippen LogP contribution in [0.15, 0.2) is 72.8 Å². The zero-order valence-electron chi connectivity index (χ0n) is 20.9. The molecular weight excluding hydrogens is 450 g/mol. The van der Waals surface area contributed by atoms with Crippen LogP contribution in [0.4, 0.5) is 5.69 Å². The molecule has 0 spiro atoms. The maximum atomic E-state index is 13.0. The molecule has 3 aromatic carbocycles. The van der Waals surface area contributed by atoms with Crippen molar-refractivity contribution in [1.82, 2.24) is 10.2 Å². The van der Waals surface area contributed by atoms with Gasteiger partial charge in [0.2, 0.25) is 11.8 Å². The molecule has 2 N–H and O–H groups in total. The highest BCUT2D eigenvalue weighted by Crippen LogP contribution is 2.25. The van der Waals surface area contributed by atoms with Gasteiger partial charge in [-0.25, -0.2) is 0 Å². The predicted octanol–water partition coefficient (Wildman–Crippen LogP) is 5.39. The number of rotatable bonds is 9. The quantitative estimate of drug-likeness (QED) is 0.428. The fourth-order valence-electron chi connectivity index (χ4n) is 4.47. The molecule has 186 valence electrons. The Morgan fingerprint density at radius 2 is 1.67 bits per heavy atom. The van der Waals surface area contributed by atoms with Crippen molar-refractivity contribution in [3.8, 4) is 11.1 Å². The van der Waals surface area contributed by atoms with Gasteiger partial charge in [0.05, 0.1) is 11.3 Å². The minimum atomic E-state index is -0.240. The summed E-state index contributed by atoms with van der Waals surface area (Å²) in [5.41, 5.74) is 5.15. The van der Waals surface area contributed by atoms with Crippen molar-refractivity contribution in [2.24, 2.45) is 5.92 Å². The van der Waals surface area contributed by atoms with E-state index < -0.39 is 0 Å². The summed E-state index contributed by atoms with van der Waals surface area (Å²) >= 11 is 0. The summed E-state index contributed by atoms with van der Waals surface area (Å²) in [5, 5.41) is 5.88. The molecule has 4 rings (SSSR count). The van der Waals surface area contributed by atoms with Crippen molar-refractivity contribution in [2.45, 2.75) is 46.2 Å². The van der Waals surface area contributed by atoms with Crippen LogP contribution in [0.25, 0.3) is 11.1 Å². The van der Waals surface area contributed by atoms with Crippen LogP contribution in [-0.4, -0.2) is 29.2 Å². The molecule has 1 saturated heterocycles. The van der Waals surface area contributed by atoms with Gasteiger partial charge in [-0.3, -0.25) is 14.4 Å². The van der Waals surface area contributed by atoms with Gasteiger partial charge in [0.25, 0.3) is 5.91 Å². The standard InChI is InChI=1S/C30H33N3O3/c1-21(2)18-28(34)32-27-11-6-5-10-26(27)30(36)31-19-24-8-3-4-9-25(24)23-15-13-22(14-16-23)20-33-17-7-12-29(33)35/h3-6,8-11,13-16,21H,7,12,17-20H2,1-2H3,(H,31,36)(H,32,34). The zero-order chi connectivity index (χ0) is 25.5. The number of amides is 3. The highest BCUT2D eigenvalue weighted by molar-refractivity contribution is 6.03. The van der Waals surface area contributed by atoms with Crippen molar-refractivity contribution < 1.29 is 14.4 Å². The van der Waals surface area contributed by atoms with Crippen LogP contribution >= 0.6 is 0 Å². The first kappa shape index (κ1) is 25.2. The van der Waals surface area contributed by atoms with Gasteiger partial charge in [-0.2, -0.15) is 0 Å². The first-order valence-electron chi connectivity index (χ1n) is 12.5. The number of benzene rings is 3. The summed E-state index contributed by atoms with van der Waals surface area (Å²) in [6, 6.07) is 23.3. The fraction of sp³-hybridized carbons (Fsp3) is 0.300. The second-order valence-corrected chi connectivity index (χ2v) is 9.65. The van der Waals surface area contributed by atoms with E-state index in [2.05, 4.69) is 34.9 Å². The third kappa shape index (κ3) is 6.39. The van der Waals surface area contributed by atoms with E-state index in [1.807, 2.05) is 43.0 Å². The Bertz CT molecular complexity index is 1230. The van der Waals surface area contributed by atoms with Crippen LogP contribution in [0.2, 0.25) is 0 Å². The number of para-hydroxylation sites is 1. The number of hydrogen-bond donors (Lipinski definition) is 2. The molecule has 0 aliphatic carbocycles. The fourth-order valence-corrected chi connectivity index (χ4v) is 4.47. The molecule has 3 amide bonds. The Hall–Kier alpha value is -3.93. The third-order valence-corrected chi connectivity index (χ3v) is 6.31. The number of nitrogens with zero attached hydrogens (tertiary/aromatic N) is 1. The topological polar surface area (TPSA) is 78.5 Å². The molecule has 0 radical (unpaired) electrons. The lowest BCUT2D eigenvalue weighted by atomic mass is 9.98. The molecule has 0 saturated carbocycles. The first-order chi connectivity index (χ1) is 17.4. The molecule has 0 unspecified atom stereocenters. The van der Waals surface area contributed by atoms with E-state index in [1.54, 1.807) is 24.3 Å².